The van der Waals surface area contributed by atoms with E-state index in [4.69, 9.17) is 4.74 Å². The van der Waals surface area contributed by atoms with E-state index >= 15 is 0 Å². The van der Waals surface area contributed by atoms with Crippen LogP contribution in [0.5, 0.6) is 5.75 Å². The number of benzene rings is 1. The van der Waals surface area contributed by atoms with E-state index in [0.717, 1.165) is 24.5 Å². The Labute approximate surface area is 131 Å². The van der Waals surface area contributed by atoms with Crippen molar-refractivity contribution >= 4 is 11.3 Å². The van der Waals surface area contributed by atoms with Gasteiger partial charge in [-0.3, -0.25) is 0 Å². The molecule has 1 N–H and O–H groups in total. The first-order chi connectivity index (χ1) is 10.1. The van der Waals surface area contributed by atoms with Crippen molar-refractivity contribution in [3.63, 3.8) is 0 Å². The van der Waals surface area contributed by atoms with Gasteiger partial charge in [-0.25, -0.2) is 4.98 Å². The van der Waals surface area contributed by atoms with Crippen LogP contribution in [0.25, 0.3) is 0 Å². The SMILES string of the molecule is CCNCc1cccc(C)c1OCc1csc(C(C)C)n1. The summed E-state index contributed by atoms with van der Waals surface area (Å²) in [5, 5.41) is 6.62. The van der Waals surface area contributed by atoms with Crippen LogP contribution < -0.4 is 10.1 Å². The van der Waals surface area contributed by atoms with Gasteiger partial charge in [-0.2, -0.15) is 0 Å². The largest absolute Gasteiger partial charge is 0.487 e. The van der Waals surface area contributed by atoms with Crippen molar-refractivity contribution in [1.82, 2.24) is 10.3 Å². The smallest absolute Gasteiger partial charge is 0.131 e. The molecule has 0 unspecified atom stereocenters. The molecule has 0 radical (unpaired) electrons. The number of hydrogen-bond donors (Lipinski definition) is 1. The van der Waals surface area contributed by atoms with Crippen LogP contribution in [0.3, 0.4) is 0 Å². The van der Waals surface area contributed by atoms with Gasteiger partial charge in [0.1, 0.15) is 12.4 Å². The molecule has 0 aliphatic rings. The summed E-state index contributed by atoms with van der Waals surface area (Å²) in [7, 11) is 0. The second-order valence-corrected chi connectivity index (χ2v) is 6.35. The van der Waals surface area contributed by atoms with Gasteiger partial charge in [0.2, 0.25) is 0 Å². The van der Waals surface area contributed by atoms with Gasteiger partial charge in [0, 0.05) is 23.4 Å². The summed E-state index contributed by atoms with van der Waals surface area (Å²) in [4.78, 5) is 4.62. The summed E-state index contributed by atoms with van der Waals surface area (Å²) in [6, 6.07) is 6.28. The number of aromatic nitrogens is 1. The molecule has 0 atom stereocenters. The van der Waals surface area contributed by atoms with Crippen molar-refractivity contribution in [2.75, 3.05) is 6.54 Å². The van der Waals surface area contributed by atoms with Crippen LogP contribution in [0.1, 0.15) is 48.5 Å². The van der Waals surface area contributed by atoms with Gasteiger partial charge in [0.15, 0.2) is 0 Å². The number of aryl methyl sites for hydroxylation is 1. The Bertz CT molecular complexity index is 578. The molecule has 1 heterocycles. The predicted octanol–water partition coefficient (Wildman–Crippen LogP) is 4.26. The molecule has 1 aromatic heterocycles. The highest BCUT2D eigenvalue weighted by Crippen LogP contribution is 2.25. The van der Waals surface area contributed by atoms with Gasteiger partial charge in [0.25, 0.3) is 0 Å². The fraction of sp³-hybridized carbons (Fsp3) is 0.471. The fourth-order valence-corrected chi connectivity index (χ4v) is 2.94. The lowest BCUT2D eigenvalue weighted by Crippen LogP contribution is -2.13. The van der Waals surface area contributed by atoms with E-state index in [2.05, 4.69) is 61.6 Å². The molecule has 114 valence electrons. The fourth-order valence-electron chi connectivity index (χ4n) is 2.12. The molecule has 2 rings (SSSR count). The third kappa shape index (κ3) is 4.29. The van der Waals surface area contributed by atoms with Gasteiger partial charge >= 0.3 is 0 Å². The zero-order valence-corrected chi connectivity index (χ0v) is 14.1. The lowest BCUT2D eigenvalue weighted by molar-refractivity contribution is 0.296. The third-order valence-corrected chi connectivity index (χ3v) is 4.48. The van der Waals surface area contributed by atoms with Crippen molar-refractivity contribution < 1.29 is 4.74 Å². The summed E-state index contributed by atoms with van der Waals surface area (Å²) >= 11 is 1.71. The van der Waals surface area contributed by atoms with Crippen LogP contribution in [-0.4, -0.2) is 11.5 Å². The van der Waals surface area contributed by atoms with Gasteiger partial charge in [-0.05, 0) is 19.0 Å². The monoisotopic (exact) mass is 304 g/mol. The number of para-hydroxylation sites is 1. The Morgan fingerprint density at radius 2 is 2.14 bits per heavy atom. The molecule has 0 bridgehead atoms. The van der Waals surface area contributed by atoms with E-state index in [9.17, 15) is 0 Å². The Morgan fingerprint density at radius 3 is 2.81 bits per heavy atom. The van der Waals surface area contributed by atoms with E-state index in [0.29, 0.717) is 12.5 Å². The molecule has 21 heavy (non-hydrogen) atoms. The summed E-state index contributed by atoms with van der Waals surface area (Å²) < 4.78 is 6.05. The molecule has 2 aromatic rings. The van der Waals surface area contributed by atoms with Crippen molar-refractivity contribution in [2.45, 2.75) is 46.8 Å². The Kier molecular flexibility index (Phi) is 5.76. The molecule has 0 fully saturated rings. The van der Waals surface area contributed by atoms with Crippen molar-refractivity contribution in [1.29, 1.82) is 0 Å². The molecule has 1 aromatic carbocycles. The van der Waals surface area contributed by atoms with Crippen molar-refractivity contribution in [3.8, 4) is 5.75 Å². The summed E-state index contributed by atoms with van der Waals surface area (Å²) in [6.45, 7) is 10.9. The van der Waals surface area contributed by atoms with Crippen LogP contribution in [-0.2, 0) is 13.2 Å². The molecule has 0 spiro atoms. The minimum absolute atomic E-state index is 0.478. The second kappa shape index (κ2) is 7.57. The number of ether oxygens (including phenoxy) is 1. The lowest BCUT2D eigenvalue weighted by Gasteiger charge is -2.13. The topological polar surface area (TPSA) is 34.1 Å². The molecule has 3 nitrogen and oxygen atoms in total. The molecule has 0 aliphatic carbocycles. The van der Waals surface area contributed by atoms with Crippen molar-refractivity contribution in [3.05, 3.63) is 45.4 Å². The van der Waals surface area contributed by atoms with Gasteiger partial charge in [-0.1, -0.05) is 39.0 Å². The van der Waals surface area contributed by atoms with Crippen LogP contribution in [0.4, 0.5) is 0 Å². The van der Waals surface area contributed by atoms with Crippen LogP contribution in [0.2, 0.25) is 0 Å². The minimum atomic E-state index is 0.478. The van der Waals surface area contributed by atoms with Crippen LogP contribution in [0.15, 0.2) is 23.6 Å². The van der Waals surface area contributed by atoms with E-state index in [1.807, 2.05) is 0 Å². The Hall–Kier alpha value is -1.39. The maximum absolute atomic E-state index is 6.05. The highest BCUT2D eigenvalue weighted by molar-refractivity contribution is 7.09. The zero-order valence-electron chi connectivity index (χ0n) is 13.3. The molecular weight excluding hydrogens is 280 g/mol. The Morgan fingerprint density at radius 1 is 1.33 bits per heavy atom. The van der Waals surface area contributed by atoms with E-state index in [1.165, 1.54) is 16.1 Å². The van der Waals surface area contributed by atoms with E-state index in [-0.39, 0.29) is 0 Å². The normalized spacial score (nSPS) is 11.1. The average Bonchev–Trinajstić information content (AvgIpc) is 2.93. The predicted molar refractivity (Wildman–Crippen MR) is 89.1 cm³/mol. The van der Waals surface area contributed by atoms with Gasteiger partial charge < -0.3 is 10.1 Å². The average molecular weight is 304 g/mol. The number of thiazole rings is 1. The van der Waals surface area contributed by atoms with E-state index in [1.54, 1.807) is 11.3 Å². The highest BCUT2D eigenvalue weighted by atomic mass is 32.1. The highest BCUT2D eigenvalue weighted by Gasteiger charge is 2.10. The maximum Gasteiger partial charge on any atom is 0.131 e. The molecule has 0 amide bonds. The van der Waals surface area contributed by atoms with Crippen LogP contribution >= 0.6 is 11.3 Å². The van der Waals surface area contributed by atoms with E-state index < -0.39 is 0 Å². The van der Waals surface area contributed by atoms with Crippen LogP contribution in [0, 0.1) is 6.92 Å². The first kappa shape index (κ1) is 16.0. The lowest BCUT2D eigenvalue weighted by atomic mass is 10.1. The zero-order chi connectivity index (χ0) is 15.2. The summed E-state index contributed by atoms with van der Waals surface area (Å²) in [5.74, 6) is 1.46. The minimum Gasteiger partial charge on any atom is -0.487 e. The first-order valence-corrected chi connectivity index (χ1v) is 8.36. The third-order valence-electron chi connectivity index (χ3n) is 3.29. The summed E-state index contributed by atoms with van der Waals surface area (Å²) in [5.41, 5.74) is 3.39. The van der Waals surface area contributed by atoms with Crippen molar-refractivity contribution in [2.24, 2.45) is 0 Å². The van der Waals surface area contributed by atoms with Gasteiger partial charge in [-0.15, -0.1) is 11.3 Å². The number of nitrogens with zero attached hydrogens (tertiary/aromatic N) is 1. The standard InChI is InChI=1S/C17H24N2OS/c1-5-18-9-14-8-6-7-13(4)16(14)20-10-15-11-21-17(19-15)12(2)3/h6-8,11-12,18H,5,9-10H2,1-4H3. The number of hydrogen-bond acceptors (Lipinski definition) is 4. The molecular formula is C17H24N2OS. The number of nitrogens with one attached hydrogen (secondary N) is 1. The molecule has 0 aliphatic heterocycles. The maximum atomic E-state index is 6.05. The quantitative estimate of drug-likeness (QED) is 0.829. The molecule has 0 saturated carbocycles. The second-order valence-electron chi connectivity index (χ2n) is 5.46. The first-order valence-electron chi connectivity index (χ1n) is 7.48. The Balaban J connectivity index is 2.07. The molecule has 0 saturated heterocycles. The summed E-state index contributed by atoms with van der Waals surface area (Å²) in [6.07, 6.45) is 0. The number of rotatable bonds is 7. The molecule has 4 heteroatoms. The van der Waals surface area contributed by atoms with Gasteiger partial charge in [0.05, 0.1) is 10.7 Å².